The van der Waals surface area contributed by atoms with Crippen molar-refractivity contribution >= 4 is 11.6 Å². The molecule has 1 aliphatic heterocycles. The lowest BCUT2D eigenvalue weighted by Gasteiger charge is -2.49. The van der Waals surface area contributed by atoms with Crippen molar-refractivity contribution in [2.75, 3.05) is 39.9 Å². The number of nitrogens with zero attached hydrogens (tertiary/aromatic N) is 1. The maximum Gasteiger partial charge on any atom is 0.0490 e. The quantitative estimate of drug-likeness (QED) is 0.286. The minimum absolute atomic E-state index is 0.419. The van der Waals surface area contributed by atoms with Gasteiger partial charge in [-0.3, -0.25) is 0 Å². The summed E-state index contributed by atoms with van der Waals surface area (Å²) in [5.41, 5.74) is 0.419. The summed E-state index contributed by atoms with van der Waals surface area (Å²) in [6, 6.07) is 0.615. The average Bonchev–Trinajstić information content (AvgIpc) is 2.87. The van der Waals surface area contributed by atoms with Gasteiger partial charge < -0.3 is 15.0 Å². The van der Waals surface area contributed by atoms with Crippen LogP contribution < -0.4 is 5.32 Å². The van der Waals surface area contributed by atoms with Crippen molar-refractivity contribution in [3.05, 3.63) is 0 Å². The Morgan fingerprint density at radius 2 is 1.57 bits per heavy atom. The molecular weight excluding hydrogens is 476 g/mol. The van der Waals surface area contributed by atoms with Crippen molar-refractivity contribution in [2.45, 2.75) is 123 Å². The van der Waals surface area contributed by atoms with Gasteiger partial charge in [-0.1, -0.05) is 40.5 Å². The van der Waals surface area contributed by atoms with Gasteiger partial charge in [0.25, 0.3) is 0 Å². The van der Waals surface area contributed by atoms with E-state index < -0.39 is 0 Å². The summed E-state index contributed by atoms with van der Waals surface area (Å²) in [6.07, 6.45) is 18.1. The number of ether oxygens (including phenoxy) is 1. The summed E-state index contributed by atoms with van der Waals surface area (Å²) in [5, 5.41) is 4.56. The molecule has 0 bridgehead atoms. The van der Waals surface area contributed by atoms with Gasteiger partial charge in [0, 0.05) is 38.2 Å². The van der Waals surface area contributed by atoms with Crippen LogP contribution in [0, 0.1) is 46.8 Å². The van der Waals surface area contributed by atoms with E-state index in [-0.39, 0.29) is 0 Å². The number of halogens is 1. The lowest BCUT2D eigenvalue weighted by molar-refractivity contribution is 0.00444. The van der Waals surface area contributed by atoms with E-state index in [1.807, 2.05) is 7.11 Å². The summed E-state index contributed by atoms with van der Waals surface area (Å²) in [4.78, 5) is 2.81. The zero-order chi connectivity index (χ0) is 26.4. The summed E-state index contributed by atoms with van der Waals surface area (Å²) in [5.74, 6) is 6.15. The lowest BCUT2D eigenvalue weighted by atomic mass is 9.64. The van der Waals surface area contributed by atoms with E-state index in [0.29, 0.717) is 22.8 Å². The van der Waals surface area contributed by atoms with E-state index >= 15 is 0 Å². The van der Waals surface area contributed by atoms with Crippen LogP contribution in [0.4, 0.5) is 0 Å². The van der Waals surface area contributed by atoms with E-state index in [9.17, 15) is 0 Å². The molecule has 4 atom stereocenters. The van der Waals surface area contributed by atoms with Crippen molar-refractivity contribution < 1.29 is 4.74 Å². The molecule has 0 radical (unpaired) electrons. The molecule has 4 fully saturated rings. The number of piperidine rings is 1. The van der Waals surface area contributed by atoms with Crippen molar-refractivity contribution in [1.82, 2.24) is 10.2 Å². The Morgan fingerprint density at radius 3 is 2.22 bits per heavy atom. The largest absolute Gasteiger partial charge is 0.384 e. The summed E-state index contributed by atoms with van der Waals surface area (Å²) in [7, 11) is 1.87. The fourth-order valence-electron chi connectivity index (χ4n) is 9.11. The molecule has 0 aromatic rings. The molecule has 4 rings (SSSR count). The minimum Gasteiger partial charge on any atom is -0.384 e. The van der Waals surface area contributed by atoms with Crippen molar-refractivity contribution in [1.29, 1.82) is 0 Å². The van der Waals surface area contributed by atoms with E-state index in [1.165, 1.54) is 110 Å². The third-order valence-electron chi connectivity index (χ3n) is 11.4. The Kier molecular flexibility index (Phi) is 11.5. The second kappa shape index (κ2) is 14.2. The van der Waals surface area contributed by atoms with Crippen LogP contribution in [0.3, 0.4) is 0 Å². The standard InChI is InChI=1S/C33H61ClN2O/c1-24(2)32(21-36-18-17-31(33(3,4)23-36)28-13-15-30(34)16-14-28)35-20-26-7-6-8-29(19-26)27-11-9-25(10-12-27)22-37-5/h24-32,35H,6-23H2,1-5H3/t25?,26?,27?,28?,29?,30?,31?,32-/m0/s1. The molecule has 3 aliphatic carbocycles. The first kappa shape index (κ1) is 30.1. The fraction of sp³-hybridized carbons (Fsp3) is 1.00. The molecule has 216 valence electrons. The molecule has 1 saturated heterocycles. The summed E-state index contributed by atoms with van der Waals surface area (Å²) in [6.45, 7) is 16.0. The summed E-state index contributed by atoms with van der Waals surface area (Å²) < 4.78 is 5.44. The fourth-order valence-corrected chi connectivity index (χ4v) is 9.36. The maximum atomic E-state index is 6.43. The van der Waals surface area contributed by atoms with Gasteiger partial charge in [0.1, 0.15) is 0 Å². The van der Waals surface area contributed by atoms with Gasteiger partial charge in [-0.05, 0) is 131 Å². The van der Waals surface area contributed by atoms with Crippen LogP contribution >= 0.6 is 11.6 Å². The third-order valence-corrected chi connectivity index (χ3v) is 11.8. The number of rotatable bonds is 10. The smallest absolute Gasteiger partial charge is 0.0490 e. The maximum absolute atomic E-state index is 6.43. The zero-order valence-electron chi connectivity index (χ0n) is 25.2. The second-order valence-corrected chi connectivity index (χ2v) is 15.5. The molecule has 0 aromatic heterocycles. The lowest BCUT2D eigenvalue weighted by Crippen LogP contribution is -2.53. The molecule has 3 nitrogen and oxygen atoms in total. The molecule has 4 heteroatoms. The third kappa shape index (κ3) is 8.58. The Morgan fingerprint density at radius 1 is 0.865 bits per heavy atom. The van der Waals surface area contributed by atoms with Crippen molar-refractivity contribution in [3.63, 3.8) is 0 Å². The SMILES string of the molecule is COCC1CCC(C2CCCC(CN[C@@H](CN3CCC(C4CCC(Cl)CC4)C(C)(C)C3)C(C)C)C2)CC1. The topological polar surface area (TPSA) is 24.5 Å². The van der Waals surface area contributed by atoms with Gasteiger partial charge in [0.2, 0.25) is 0 Å². The first-order valence-corrected chi connectivity index (χ1v) is 16.8. The Balaban J connectivity index is 1.22. The Bertz CT molecular complexity index is 653. The highest BCUT2D eigenvalue weighted by Gasteiger charge is 2.41. The van der Waals surface area contributed by atoms with Crippen LogP contribution in [0.2, 0.25) is 0 Å². The average molecular weight is 537 g/mol. The van der Waals surface area contributed by atoms with Gasteiger partial charge >= 0.3 is 0 Å². The molecule has 0 amide bonds. The minimum atomic E-state index is 0.419. The molecule has 1 N–H and O–H groups in total. The molecule has 37 heavy (non-hydrogen) atoms. The van der Waals surface area contributed by atoms with E-state index in [0.717, 1.165) is 42.1 Å². The molecule has 0 aromatic carbocycles. The van der Waals surface area contributed by atoms with Crippen LogP contribution in [0.15, 0.2) is 0 Å². The second-order valence-electron chi connectivity index (χ2n) is 14.9. The molecule has 1 heterocycles. The number of alkyl halides is 1. The highest BCUT2D eigenvalue weighted by atomic mass is 35.5. The van der Waals surface area contributed by atoms with Crippen LogP contribution in [0.5, 0.6) is 0 Å². The highest BCUT2D eigenvalue weighted by molar-refractivity contribution is 6.20. The number of hydrogen-bond donors (Lipinski definition) is 1. The van der Waals surface area contributed by atoms with Gasteiger partial charge in [0.05, 0.1) is 0 Å². The van der Waals surface area contributed by atoms with Crippen LogP contribution in [0.25, 0.3) is 0 Å². The summed E-state index contributed by atoms with van der Waals surface area (Å²) >= 11 is 6.43. The first-order valence-electron chi connectivity index (χ1n) is 16.3. The van der Waals surface area contributed by atoms with Gasteiger partial charge in [-0.15, -0.1) is 11.6 Å². The number of hydrogen-bond acceptors (Lipinski definition) is 3. The van der Waals surface area contributed by atoms with Crippen molar-refractivity contribution in [3.8, 4) is 0 Å². The van der Waals surface area contributed by atoms with E-state index in [4.69, 9.17) is 16.3 Å². The number of nitrogens with one attached hydrogen (secondary N) is 1. The number of likely N-dealkylation sites (tertiary alicyclic amines) is 1. The van der Waals surface area contributed by atoms with Crippen molar-refractivity contribution in [2.24, 2.45) is 46.8 Å². The monoisotopic (exact) mass is 536 g/mol. The molecular formula is C33H61ClN2O. The Labute approximate surface area is 235 Å². The Hall–Kier alpha value is 0.170. The number of methoxy groups -OCH3 is 1. The van der Waals surface area contributed by atoms with E-state index in [2.05, 4.69) is 37.9 Å². The normalized spacial score (nSPS) is 38.5. The van der Waals surface area contributed by atoms with Gasteiger partial charge in [0.15, 0.2) is 0 Å². The van der Waals surface area contributed by atoms with Crippen LogP contribution in [-0.2, 0) is 4.74 Å². The molecule has 4 aliphatic rings. The first-order chi connectivity index (χ1) is 17.7. The molecule has 0 spiro atoms. The van der Waals surface area contributed by atoms with Gasteiger partial charge in [-0.2, -0.15) is 0 Å². The highest BCUT2D eigenvalue weighted by Crippen LogP contribution is 2.46. The van der Waals surface area contributed by atoms with Crippen LogP contribution in [0.1, 0.15) is 111 Å². The zero-order valence-corrected chi connectivity index (χ0v) is 25.9. The van der Waals surface area contributed by atoms with Crippen LogP contribution in [-0.4, -0.2) is 56.2 Å². The van der Waals surface area contributed by atoms with Gasteiger partial charge in [-0.25, -0.2) is 0 Å². The predicted molar refractivity (Wildman–Crippen MR) is 159 cm³/mol. The van der Waals surface area contributed by atoms with E-state index in [1.54, 1.807) is 0 Å². The molecule has 3 saturated carbocycles. The molecule has 3 unspecified atom stereocenters. The predicted octanol–water partition coefficient (Wildman–Crippen LogP) is 8.01.